The van der Waals surface area contributed by atoms with Crippen LogP contribution in [0.4, 0.5) is 17.1 Å². The average molecular weight is 566 g/mol. The summed E-state index contributed by atoms with van der Waals surface area (Å²) in [6.45, 7) is 0. The van der Waals surface area contributed by atoms with Crippen LogP contribution in [0.25, 0.3) is 11.3 Å². The number of anilines is 2. The van der Waals surface area contributed by atoms with E-state index in [0.717, 1.165) is 6.26 Å². The summed E-state index contributed by atoms with van der Waals surface area (Å²) in [7, 11) is -2.15. The Morgan fingerprint density at radius 3 is 2.64 bits per heavy atom. The van der Waals surface area contributed by atoms with Crippen LogP contribution in [-0.2, 0) is 10.0 Å². The molecule has 0 spiro atoms. The van der Waals surface area contributed by atoms with Crippen LogP contribution in [-0.4, -0.2) is 36.8 Å². The zero-order valence-electron chi connectivity index (χ0n) is 20.8. The van der Waals surface area contributed by atoms with E-state index in [1.54, 1.807) is 48.7 Å². The molecule has 3 heterocycles. The molecule has 39 heavy (non-hydrogen) atoms. The van der Waals surface area contributed by atoms with Gasteiger partial charge in [-0.3, -0.25) is 19.8 Å². The first kappa shape index (κ1) is 26.1. The third-order valence-electron chi connectivity index (χ3n) is 6.11. The van der Waals surface area contributed by atoms with Crippen LogP contribution in [0.5, 0.6) is 5.75 Å². The summed E-state index contributed by atoms with van der Waals surface area (Å²) >= 11 is 5.74. The van der Waals surface area contributed by atoms with Crippen molar-refractivity contribution in [2.75, 3.05) is 23.0 Å². The van der Waals surface area contributed by atoms with Crippen LogP contribution in [0.3, 0.4) is 0 Å². The van der Waals surface area contributed by atoms with Crippen LogP contribution < -0.4 is 19.7 Å². The number of nitro groups is 1. The van der Waals surface area contributed by atoms with Gasteiger partial charge in [-0.2, -0.15) is 0 Å². The van der Waals surface area contributed by atoms with Crippen molar-refractivity contribution in [1.82, 2.24) is 10.3 Å². The van der Waals surface area contributed by atoms with Gasteiger partial charge in [-0.15, -0.1) is 0 Å². The minimum atomic E-state index is -3.59. The minimum absolute atomic E-state index is 0.0497. The number of sulfonamides is 1. The molecule has 0 unspecified atom stereocenters. The lowest BCUT2D eigenvalue weighted by Crippen LogP contribution is -2.29. The van der Waals surface area contributed by atoms with Crippen molar-refractivity contribution < 1.29 is 22.5 Å². The number of rotatable bonds is 8. The van der Waals surface area contributed by atoms with Gasteiger partial charge < -0.3 is 19.4 Å². The molecule has 0 saturated carbocycles. The first-order valence-electron chi connectivity index (χ1n) is 11.7. The van der Waals surface area contributed by atoms with Crippen LogP contribution in [0.1, 0.15) is 23.5 Å². The standard InChI is InChI=1S/C26H23N5O6S2/c1-36-22-10-9-17(15-20(22)29-39(2,34)35)30-25(24(28-26(30)38)19-8-3-4-13-27-19)23-12-11-21(37-23)16-6-5-7-18(14-16)31(32)33/h3-15,24-25,29H,1-2H3,(H,28,38)/t24-,25-/m0/s1. The molecule has 2 aromatic carbocycles. The molecule has 1 aliphatic rings. The van der Waals surface area contributed by atoms with Crippen molar-refractivity contribution in [3.8, 4) is 17.1 Å². The summed E-state index contributed by atoms with van der Waals surface area (Å²) in [5.74, 6) is 1.30. The third-order valence-corrected chi connectivity index (χ3v) is 7.02. The van der Waals surface area contributed by atoms with Gasteiger partial charge >= 0.3 is 0 Å². The van der Waals surface area contributed by atoms with E-state index in [-0.39, 0.29) is 11.4 Å². The number of hydrogen-bond donors (Lipinski definition) is 2. The Morgan fingerprint density at radius 1 is 1.13 bits per heavy atom. The maximum atomic E-state index is 12.0. The Bertz CT molecular complexity index is 1660. The molecule has 11 nitrogen and oxygen atoms in total. The summed E-state index contributed by atoms with van der Waals surface area (Å²) < 4.78 is 38.1. The van der Waals surface area contributed by atoms with Crippen molar-refractivity contribution in [1.29, 1.82) is 0 Å². The zero-order chi connectivity index (χ0) is 27.7. The topological polar surface area (TPSA) is 140 Å². The highest BCUT2D eigenvalue weighted by molar-refractivity contribution is 7.92. The maximum absolute atomic E-state index is 12.0. The predicted octanol–water partition coefficient (Wildman–Crippen LogP) is 4.81. The number of thiocarbonyl (C=S) groups is 1. The van der Waals surface area contributed by atoms with Gasteiger partial charge in [-0.05, 0) is 54.7 Å². The van der Waals surface area contributed by atoms with Crippen LogP contribution in [0.15, 0.2) is 83.4 Å². The molecule has 200 valence electrons. The number of non-ortho nitro benzene ring substituents is 1. The summed E-state index contributed by atoms with van der Waals surface area (Å²) in [6, 6.07) is 19.4. The van der Waals surface area contributed by atoms with Gasteiger partial charge in [0.1, 0.15) is 23.3 Å². The Labute approximate surface area is 229 Å². The molecular formula is C26H23N5O6S2. The number of aromatic nitrogens is 1. The number of nitro benzene ring substituents is 1. The molecule has 0 bridgehead atoms. The molecule has 1 saturated heterocycles. The molecule has 2 aromatic heterocycles. The predicted molar refractivity (Wildman–Crippen MR) is 150 cm³/mol. The van der Waals surface area contributed by atoms with E-state index in [1.165, 1.54) is 19.2 Å². The summed E-state index contributed by atoms with van der Waals surface area (Å²) in [5, 5.41) is 15.0. The van der Waals surface area contributed by atoms with Gasteiger partial charge in [0, 0.05) is 29.6 Å². The van der Waals surface area contributed by atoms with Crippen LogP contribution >= 0.6 is 12.2 Å². The molecule has 0 radical (unpaired) electrons. The number of nitrogens with one attached hydrogen (secondary N) is 2. The fourth-order valence-electron chi connectivity index (χ4n) is 4.49. The van der Waals surface area contributed by atoms with Crippen molar-refractivity contribution >= 4 is 44.4 Å². The number of benzene rings is 2. The molecule has 0 amide bonds. The summed E-state index contributed by atoms with van der Waals surface area (Å²) in [6.07, 6.45) is 2.73. The summed E-state index contributed by atoms with van der Waals surface area (Å²) in [5.41, 5.74) is 2.04. The lowest BCUT2D eigenvalue weighted by Gasteiger charge is -2.27. The van der Waals surface area contributed by atoms with Crippen LogP contribution in [0, 0.1) is 10.1 Å². The number of hydrogen-bond acceptors (Lipinski definition) is 8. The molecule has 2 N–H and O–H groups in total. The first-order chi connectivity index (χ1) is 18.6. The Kier molecular flexibility index (Phi) is 6.93. The zero-order valence-corrected chi connectivity index (χ0v) is 22.4. The fraction of sp³-hybridized carbons (Fsp3) is 0.154. The number of methoxy groups -OCH3 is 1. The molecule has 1 fully saturated rings. The minimum Gasteiger partial charge on any atom is -0.495 e. The van der Waals surface area contributed by atoms with Crippen molar-refractivity contribution in [3.63, 3.8) is 0 Å². The van der Waals surface area contributed by atoms with E-state index in [4.69, 9.17) is 21.4 Å². The summed E-state index contributed by atoms with van der Waals surface area (Å²) in [4.78, 5) is 17.1. The number of furan rings is 1. The lowest BCUT2D eigenvalue weighted by molar-refractivity contribution is -0.384. The SMILES string of the molecule is COc1ccc(N2C(=S)N[C@@H](c3ccccn3)[C@@H]2c2ccc(-c3cccc([N+](=O)[O-])c3)o2)cc1NS(C)(=O)=O. The Morgan fingerprint density at radius 2 is 1.95 bits per heavy atom. The van der Waals surface area contributed by atoms with Gasteiger partial charge in [0.15, 0.2) is 5.11 Å². The van der Waals surface area contributed by atoms with Crippen molar-refractivity contribution in [3.05, 3.63) is 101 Å². The van der Waals surface area contributed by atoms with Gasteiger partial charge in [0.2, 0.25) is 10.0 Å². The lowest BCUT2D eigenvalue weighted by atomic mass is 10.0. The smallest absolute Gasteiger partial charge is 0.270 e. The average Bonchev–Trinajstić information content (AvgIpc) is 3.53. The van der Waals surface area contributed by atoms with E-state index in [2.05, 4.69) is 15.0 Å². The monoisotopic (exact) mass is 565 g/mol. The normalized spacial score (nSPS) is 17.1. The van der Waals surface area contributed by atoms with E-state index in [0.29, 0.717) is 39.3 Å². The molecular weight excluding hydrogens is 542 g/mol. The van der Waals surface area contributed by atoms with Gasteiger partial charge in [-0.1, -0.05) is 18.2 Å². The van der Waals surface area contributed by atoms with Gasteiger partial charge in [0.25, 0.3) is 5.69 Å². The highest BCUT2D eigenvalue weighted by atomic mass is 32.2. The highest BCUT2D eigenvalue weighted by Crippen LogP contribution is 2.44. The van der Waals surface area contributed by atoms with Crippen molar-refractivity contribution in [2.24, 2.45) is 0 Å². The fourth-order valence-corrected chi connectivity index (χ4v) is 5.39. The first-order valence-corrected chi connectivity index (χ1v) is 14.0. The maximum Gasteiger partial charge on any atom is 0.270 e. The Hall–Kier alpha value is -4.49. The molecule has 1 aliphatic heterocycles. The van der Waals surface area contributed by atoms with E-state index in [1.807, 2.05) is 23.1 Å². The van der Waals surface area contributed by atoms with Crippen molar-refractivity contribution in [2.45, 2.75) is 12.1 Å². The molecule has 13 heteroatoms. The second-order valence-corrected chi connectivity index (χ2v) is 10.9. The van der Waals surface area contributed by atoms with Gasteiger partial charge in [-0.25, -0.2) is 8.42 Å². The molecule has 0 aliphatic carbocycles. The second kappa shape index (κ2) is 10.3. The van der Waals surface area contributed by atoms with E-state index in [9.17, 15) is 18.5 Å². The van der Waals surface area contributed by atoms with E-state index >= 15 is 0 Å². The Balaban J connectivity index is 1.61. The van der Waals surface area contributed by atoms with Crippen LogP contribution in [0.2, 0.25) is 0 Å². The van der Waals surface area contributed by atoms with Gasteiger partial charge in [0.05, 0.1) is 35.7 Å². The highest BCUT2D eigenvalue weighted by Gasteiger charge is 2.43. The quantitative estimate of drug-likeness (QED) is 0.174. The van der Waals surface area contributed by atoms with E-state index < -0.39 is 27.0 Å². The second-order valence-electron chi connectivity index (χ2n) is 8.76. The molecule has 4 aromatic rings. The molecule has 5 rings (SSSR count). The largest absolute Gasteiger partial charge is 0.495 e. The third kappa shape index (κ3) is 5.40. The number of ether oxygens (including phenoxy) is 1. The molecule has 2 atom stereocenters. The number of nitrogens with zero attached hydrogens (tertiary/aromatic N) is 3. The number of pyridine rings is 1.